The molecule has 0 saturated heterocycles. The third kappa shape index (κ3) is 2.39. The molecule has 0 aliphatic carbocycles. The molecule has 1 atom stereocenters. The van der Waals surface area contributed by atoms with Crippen LogP contribution in [0.1, 0.15) is 18.5 Å². The van der Waals surface area contributed by atoms with Crippen LogP contribution in [0.4, 0.5) is 11.5 Å². The molecule has 2 aromatic heterocycles. The van der Waals surface area contributed by atoms with Crippen molar-refractivity contribution in [3.8, 4) is 0 Å². The van der Waals surface area contributed by atoms with Gasteiger partial charge in [0.05, 0.1) is 17.2 Å². The fraction of sp³-hybridized carbons (Fsp3) is 0.200. The first-order valence-electron chi connectivity index (χ1n) is 5.03. The van der Waals surface area contributed by atoms with E-state index < -0.39 is 4.92 Å². The van der Waals surface area contributed by atoms with E-state index in [4.69, 9.17) is 0 Å². The van der Waals surface area contributed by atoms with Gasteiger partial charge in [0.15, 0.2) is 0 Å². The number of aromatic amines is 1. The van der Waals surface area contributed by atoms with Crippen molar-refractivity contribution in [2.24, 2.45) is 0 Å². The molecule has 0 spiro atoms. The highest BCUT2D eigenvalue weighted by Gasteiger charge is 2.16. The minimum Gasteiger partial charge on any atom is -0.358 e. The molecule has 0 aliphatic rings. The summed E-state index contributed by atoms with van der Waals surface area (Å²) >= 11 is 0. The summed E-state index contributed by atoms with van der Waals surface area (Å²) in [4.78, 5) is 14.3. The number of hydrogen-bond donors (Lipinski definition) is 2. The number of rotatable bonds is 4. The first-order chi connectivity index (χ1) is 8.18. The van der Waals surface area contributed by atoms with Crippen LogP contribution in [0.25, 0.3) is 0 Å². The van der Waals surface area contributed by atoms with Gasteiger partial charge in [-0.15, -0.1) is 0 Å². The van der Waals surface area contributed by atoms with Crippen molar-refractivity contribution >= 4 is 11.5 Å². The van der Waals surface area contributed by atoms with E-state index in [9.17, 15) is 10.1 Å². The predicted octanol–water partition coefficient (Wildman–Crippen LogP) is 1.89. The summed E-state index contributed by atoms with van der Waals surface area (Å²) in [5.74, 6) is 0.256. The van der Waals surface area contributed by atoms with Crippen LogP contribution in [0.2, 0.25) is 0 Å². The highest BCUT2D eigenvalue weighted by atomic mass is 16.6. The molecule has 0 fully saturated rings. The van der Waals surface area contributed by atoms with Gasteiger partial charge in [0.2, 0.25) is 5.82 Å². The van der Waals surface area contributed by atoms with Gasteiger partial charge in [0, 0.05) is 24.0 Å². The Bertz CT molecular complexity index is 511. The molecule has 0 aliphatic heterocycles. The van der Waals surface area contributed by atoms with Crippen molar-refractivity contribution in [2.45, 2.75) is 13.0 Å². The molecule has 0 radical (unpaired) electrons. The summed E-state index contributed by atoms with van der Waals surface area (Å²) in [5.41, 5.74) is 0.868. The normalized spacial score (nSPS) is 12.1. The standard InChI is InChI=1S/C10H11N5O2/c1-7(8-5-12-13-6-8)14-10-9(15(16)17)3-2-4-11-10/h2-7H,1H3,(H,11,14)(H,12,13). The summed E-state index contributed by atoms with van der Waals surface area (Å²) in [6.07, 6.45) is 4.90. The number of H-pyrrole nitrogens is 1. The Morgan fingerprint density at radius 2 is 2.41 bits per heavy atom. The lowest BCUT2D eigenvalue weighted by molar-refractivity contribution is -0.384. The maximum absolute atomic E-state index is 10.8. The van der Waals surface area contributed by atoms with Crippen molar-refractivity contribution in [1.29, 1.82) is 0 Å². The van der Waals surface area contributed by atoms with E-state index in [1.54, 1.807) is 12.4 Å². The molecular formula is C10H11N5O2. The van der Waals surface area contributed by atoms with E-state index in [0.29, 0.717) is 0 Å². The summed E-state index contributed by atoms with van der Waals surface area (Å²) in [6.45, 7) is 1.88. The molecule has 0 saturated carbocycles. The molecule has 2 heterocycles. The molecule has 2 N–H and O–H groups in total. The molecule has 1 unspecified atom stereocenters. The largest absolute Gasteiger partial charge is 0.358 e. The summed E-state index contributed by atoms with van der Waals surface area (Å²) < 4.78 is 0. The van der Waals surface area contributed by atoms with E-state index >= 15 is 0 Å². The summed E-state index contributed by atoms with van der Waals surface area (Å²) in [5, 5.41) is 20.3. The van der Waals surface area contributed by atoms with Crippen LogP contribution in [0.3, 0.4) is 0 Å². The number of anilines is 1. The Morgan fingerprint density at radius 3 is 3.06 bits per heavy atom. The minimum atomic E-state index is -0.461. The van der Waals surface area contributed by atoms with Crippen LogP contribution in [0.5, 0.6) is 0 Å². The first kappa shape index (κ1) is 11.1. The number of pyridine rings is 1. The number of hydrogen-bond acceptors (Lipinski definition) is 5. The van der Waals surface area contributed by atoms with Gasteiger partial charge in [-0.1, -0.05) is 0 Å². The van der Waals surface area contributed by atoms with Gasteiger partial charge in [-0.05, 0) is 13.0 Å². The van der Waals surface area contributed by atoms with E-state index in [0.717, 1.165) is 5.56 Å². The molecule has 0 aromatic carbocycles. The Kier molecular flexibility index (Phi) is 2.99. The summed E-state index contributed by atoms with van der Waals surface area (Å²) in [6, 6.07) is 2.84. The monoisotopic (exact) mass is 233 g/mol. The van der Waals surface area contributed by atoms with E-state index in [2.05, 4.69) is 20.5 Å². The van der Waals surface area contributed by atoms with Gasteiger partial charge in [-0.2, -0.15) is 5.10 Å². The van der Waals surface area contributed by atoms with Crippen LogP contribution < -0.4 is 5.32 Å². The molecule has 0 amide bonds. The van der Waals surface area contributed by atoms with Crippen LogP contribution in [-0.4, -0.2) is 20.1 Å². The average molecular weight is 233 g/mol. The SMILES string of the molecule is CC(Nc1ncccc1[N+](=O)[O-])c1cn[nH]c1. The minimum absolute atomic E-state index is 0.0390. The Morgan fingerprint density at radius 1 is 1.59 bits per heavy atom. The van der Waals surface area contributed by atoms with Gasteiger partial charge < -0.3 is 5.32 Å². The number of nitro groups is 1. The lowest BCUT2D eigenvalue weighted by Gasteiger charge is -2.12. The van der Waals surface area contributed by atoms with Crippen molar-refractivity contribution in [1.82, 2.24) is 15.2 Å². The molecule has 7 heteroatoms. The van der Waals surface area contributed by atoms with Crippen molar-refractivity contribution in [3.05, 3.63) is 46.4 Å². The third-order valence-electron chi connectivity index (χ3n) is 2.36. The second-order valence-corrected chi connectivity index (χ2v) is 3.53. The molecule has 7 nitrogen and oxygen atoms in total. The Labute approximate surface area is 97.0 Å². The van der Waals surface area contributed by atoms with Gasteiger partial charge in [0.1, 0.15) is 0 Å². The fourth-order valence-electron chi connectivity index (χ4n) is 1.44. The van der Waals surface area contributed by atoms with Crippen LogP contribution in [0, 0.1) is 10.1 Å². The smallest absolute Gasteiger partial charge is 0.311 e. The van der Waals surface area contributed by atoms with E-state index in [1.165, 1.54) is 18.3 Å². The maximum Gasteiger partial charge on any atom is 0.311 e. The average Bonchev–Trinajstić information content (AvgIpc) is 2.83. The van der Waals surface area contributed by atoms with Gasteiger partial charge in [0.25, 0.3) is 0 Å². The lowest BCUT2D eigenvalue weighted by atomic mass is 10.2. The second-order valence-electron chi connectivity index (χ2n) is 3.53. The van der Waals surface area contributed by atoms with Gasteiger partial charge >= 0.3 is 5.69 Å². The molecule has 2 rings (SSSR count). The number of aromatic nitrogens is 3. The lowest BCUT2D eigenvalue weighted by Crippen LogP contribution is -2.09. The second kappa shape index (κ2) is 4.60. The Balaban J connectivity index is 2.21. The zero-order valence-electron chi connectivity index (χ0n) is 9.12. The van der Waals surface area contributed by atoms with Gasteiger partial charge in [-0.3, -0.25) is 15.2 Å². The van der Waals surface area contributed by atoms with E-state index in [1.807, 2.05) is 6.92 Å². The van der Waals surface area contributed by atoms with Crippen LogP contribution >= 0.6 is 0 Å². The highest BCUT2D eigenvalue weighted by Crippen LogP contribution is 2.24. The van der Waals surface area contributed by atoms with Crippen LogP contribution in [0.15, 0.2) is 30.7 Å². The molecule has 17 heavy (non-hydrogen) atoms. The topological polar surface area (TPSA) is 96.7 Å². The quantitative estimate of drug-likeness (QED) is 0.620. The molecular weight excluding hydrogens is 222 g/mol. The number of nitrogens with one attached hydrogen (secondary N) is 2. The fourth-order valence-corrected chi connectivity index (χ4v) is 1.44. The van der Waals surface area contributed by atoms with E-state index in [-0.39, 0.29) is 17.5 Å². The zero-order valence-corrected chi connectivity index (χ0v) is 9.12. The molecule has 2 aromatic rings. The van der Waals surface area contributed by atoms with Crippen molar-refractivity contribution in [3.63, 3.8) is 0 Å². The van der Waals surface area contributed by atoms with Crippen molar-refractivity contribution < 1.29 is 4.92 Å². The van der Waals surface area contributed by atoms with Crippen LogP contribution in [-0.2, 0) is 0 Å². The van der Waals surface area contributed by atoms with Crippen molar-refractivity contribution in [2.75, 3.05) is 5.32 Å². The summed E-state index contributed by atoms with van der Waals surface area (Å²) in [7, 11) is 0. The first-order valence-corrected chi connectivity index (χ1v) is 5.03. The third-order valence-corrected chi connectivity index (χ3v) is 2.36. The molecule has 0 bridgehead atoms. The highest BCUT2D eigenvalue weighted by molar-refractivity contribution is 5.56. The van der Waals surface area contributed by atoms with Gasteiger partial charge in [-0.25, -0.2) is 4.98 Å². The number of nitrogens with zero attached hydrogens (tertiary/aromatic N) is 3. The Hall–Kier alpha value is -2.44. The predicted molar refractivity (Wildman–Crippen MR) is 61.5 cm³/mol. The molecule has 88 valence electrons. The maximum atomic E-state index is 10.8. The zero-order chi connectivity index (χ0) is 12.3.